The van der Waals surface area contributed by atoms with E-state index in [1.165, 1.54) is 12.4 Å². The molecule has 2 aromatic rings. The van der Waals surface area contributed by atoms with Crippen LogP contribution in [-0.4, -0.2) is 44.2 Å². The third kappa shape index (κ3) is 4.80. The van der Waals surface area contributed by atoms with Crippen LogP contribution in [0.1, 0.15) is 61.1 Å². The van der Waals surface area contributed by atoms with Gasteiger partial charge in [0.2, 0.25) is 0 Å². The molecule has 2 aliphatic rings. The van der Waals surface area contributed by atoms with Gasteiger partial charge >= 0.3 is 0 Å². The van der Waals surface area contributed by atoms with E-state index in [0.717, 1.165) is 44.9 Å². The van der Waals surface area contributed by atoms with Crippen molar-refractivity contribution in [1.29, 1.82) is 5.26 Å². The molecule has 0 spiro atoms. The molecule has 0 aromatic carbocycles. The predicted molar refractivity (Wildman–Crippen MR) is 111 cm³/mol. The summed E-state index contributed by atoms with van der Waals surface area (Å²) in [4.78, 5) is 21.0. The Morgan fingerprint density at radius 3 is 2.57 bits per heavy atom. The number of nitrogens with two attached hydrogens (primary N) is 1. The molecule has 2 saturated carbocycles. The third-order valence-electron chi connectivity index (χ3n) is 5.55. The van der Waals surface area contributed by atoms with Gasteiger partial charge in [0.25, 0.3) is 5.91 Å². The topological polar surface area (TPSA) is 155 Å². The second-order valence-electron chi connectivity index (χ2n) is 7.88. The quantitative estimate of drug-likeness (QED) is 0.561. The molecule has 156 valence electrons. The molecular weight excluding hydrogens is 382 g/mol. The fourth-order valence-electron chi connectivity index (χ4n) is 4.00. The highest BCUT2D eigenvalue weighted by Crippen LogP contribution is 2.26. The Kier molecular flexibility index (Phi) is 5.99. The molecule has 10 heteroatoms. The predicted octanol–water partition coefficient (Wildman–Crippen LogP) is 1.85. The van der Waals surface area contributed by atoms with Crippen molar-refractivity contribution in [3.8, 4) is 6.07 Å². The van der Waals surface area contributed by atoms with E-state index in [1.54, 1.807) is 6.07 Å². The molecule has 10 nitrogen and oxygen atoms in total. The molecule has 1 amide bonds. The minimum atomic E-state index is -0.219. The van der Waals surface area contributed by atoms with Crippen molar-refractivity contribution in [2.45, 2.75) is 63.1 Å². The van der Waals surface area contributed by atoms with Crippen molar-refractivity contribution in [2.24, 2.45) is 5.73 Å². The van der Waals surface area contributed by atoms with Crippen LogP contribution in [-0.2, 0) is 0 Å². The molecule has 0 saturated heterocycles. The number of hydrogen-bond donors (Lipinski definition) is 4. The van der Waals surface area contributed by atoms with Gasteiger partial charge in [-0.05, 0) is 32.1 Å². The van der Waals surface area contributed by atoms with Gasteiger partial charge in [0.1, 0.15) is 11.9 Å². The van der Waals surface area contributed by atoms with Crippen LogP contribution in [0.4, 0.5) is 17.3 Å². The van der Waals surface area contributed by atoms with Gasteiger partial charge in [-0.2, -0.15) is 5.26 Å². The summed E-state index contributed by atoms with van der Waals surface area (Å²) in [6.45, 7) is 0. The molecular formula is C20H25N9O. The Morgan fingerprint density at radius 2 is 1.90 bits per heavy atom. The largest absolute Gasteiger partial charge is 0.380 e. The van der Waals surface area contributed by atoms with Gasteiger partial charge in [-0.3, -0.25) is 4.79 Å². The van der Waals surface area contributed by atoms with Gasteiger partial charge in [0, 0.05) is 24.2 Å². The number of aromatic nitrogens is 4. The zero-order valence-electron chi connectivity index (χ0n) is 16.6. The summed E-state index contributed by atoms with van der Waals surface area (Å²) in [6.07, 6.45) is 9.82. The summed E-state index contributed by atoms with van der Waals surface area (Å²) >= 11 is 0. The Bertz CT molecular complexity index is 934. The first-order valence-electron chi connectivity index (χ1n) is 10.3. The zero-order chi connectivity index (χ0) is 20.9. The maximum absolute atomic E-state index is 12.8. The van der Waals surface area contributed by atoms with E-state index in [4.69, 9.17) is 11.0 Å². The molecule has 2 unspecified atom stereocenters. The number of carbonyl (C=O) groups is 1. The molecule has 2 aromatic heterocycles. The van der Waals surface area contributed by atoms with Crippen LogP contribution in [0.2, 0.25) is 0 Å². The number of carbonyl (C=O) groups excluding carboxylic acids is 1. The highest BCUT2D eigenvalue weighted by atomic mass is 16.2. The second kappa shape index (κ2) is 9.00. The minimum Gasteiger partial charge on any atom is -0.380 e. The molecule has 2 aliphatic carbocycles. The lowest BCUT2D eigenvalue weighted by Gasteiger charge is -2.18. The molecule has 4 rings (SSSR count). The van der Waals surface area contributed by atoms with Crippen LogP contribution in [0.5, 0.6) is 0 Å². The third-order valence-corrected chi connectivity index (χ3v) is 5.55. The van der Waals surface area contributed by atoms with Crippen molar-refractivity contribution in [1.82, 2.24) is 25.5 Å². The van der Waals surface area contributed by atoms with E-state index in [-0.39, 0.29) is 35.4 Å². The van der Waals surface area contributed by atoms with Crippen LogP contribution < -0.4 is 21.7 Å². The van der Waals surface area contributed by atoms with E-state index in [2.05, 4.69) is 36.1 Å². The Morgan fingerprint density at radius 1 is 1.07 bits per heavy atom. The van der Waals surface area contributed by atoms with E-state index >= 15 is 0 Å². The summed E-state index contributed by atoms with van der Waals surface area (Å²) < 4.78 is 0. The van der Waals surface area contributed by atoms with Crippen LogP contribution in [0, 0.1) is 11.3 Å². The van der Waals surface area contributed by atoms with E-state index in [0.29, 0.717) is 17.3 Å². The average Bonchev–Trinajstić information content (AvgIpc) is 3.40. The standard InChI is InChI=1S/C20H25N9O/c21-9-15-10-24-18(11-23-15)27-17-8-16(25-14-6-5-12(22)7-14)19(29-28-17)20(30)26-13-3-1-2-4-13/h8,10-14H,1-7,22H2,(H,26,30)(H2,24,25,27,28). The number of anilines is 3. The molecule has 2 atom stereocenters. The Balaban J connectivity index is 1.55. The number of nitrogens with one attached hydrogen (secondary N) is 3. The van der Waals surface area contributed by atoms with Crippen LogP contribution >= 0.6 is 0 Å². The summed E-state index contributed by atoms with van der Waals surface area (Å²) in [5.74, 6) is 0.639. The summed E-state index contributed by atoms with van der Waals surface area (Å²) in [6, 6.07) is 4.22. The van der Waals surface area contributed by atoms with Crippen molar-refractivity contribution < 1.29 is 4.79 Å². The van der Waals surface area contributed by atoms with E-state index < -0.39 is 0 Å². The lowest BCUT2D eigenvalue weighted by atomic mass is 10.2. The number of hydrogen-bond acceptors (Lipinski definition) is 9. The number of amides is 1. The second-order valence-corrected chi connectivity index (χ2v) is 7.88. The zero-order valence-corrected chi connectivity index (χ0v) is 16.6. The van der Waals surface area contributed by atoms with Gasteiger partial charge in [-0.15, -0.1) is 10.2 Å². The van der Waals surface area contributed by atoms with Gasteiger partial charge < -0.3 is 21.7 Å². The maximum Gasteiger partial charge on any atom is 0.274 e. The van der Waals surface area contributed by atoms with Crippen LogP contribution in [0.3, 0.4) is 0 Å². The smallest absolute Gasteiger partial charge is 0.274 e. The Hall–Kier alpha value is -3.32. The normalized spacial score (nSPS) is 21.2. The minimum absolute atomic E-state index is 0.166. The van der Waals surface area contributed by atoms with Gasteiger partial charge in [0.05, 0.1) is 18.1 Å². The van der Waals surface area contributed by atoms with Crippen LogP contribution in [0.15, 0.2) is 18.5 Å². The summed E-state index contributed by atoms with van der Waals surface area (Å²) in [5, 5.41) is 26.7. The first-order valence-corrected chi connectivity index (χ1v) is 10.3. The monoisotopic (exact) mass is 407 g/mol. The summed E-state index contributed by atoms with van der Waals surface area (Å²) in [5.41, 5.74) is 7.16. The van der Waals surface area contributed by atoms with Crippen molar-refractivity contribution in [3.63, 3.8) is 0 Å². The SMILES string of the molecule is N#Cc1cnc(Nc2cc(NC3CCC(N)C3)c(C(=O)NC3CCCC3)nn2)cn1. The van der Waals surface area contributed by atoms with Gasteiger partial charge in [0.15, 0.2) is 17.2 Å². The summed E-state index contributed by atoms with van der Waals surface area (Å²) in [7, 11) is 0. The van der Waals surface area contributed by atoms with Crippen molar-refractivity contribution in [2.75, 3.05) is 10.6 Å². The van der Waals surface area contributed by atoms with Crippen molar-refractivity contribution in [3.05, 3.63) is 29.8 Å². The molecule has 0 aliphatic heterocycles. The molecule has 0 radical (unpaired) electrons. The number of nitriles is 1. The van der Waals surface area contributed by atoms with Gasteiger partial charge in [-0.1, -0.05) is 12.8 Å². The lowest BCUT2D eigenvalue weighted by Crippen LogP contribution is -2.34. The molecule has 2 fully saturated rings. The van der Waals surface area contributed by atoms with Crippen LogP contribution in [0.25, 0.3) is 0 Å². The van der Waals surface area contributed by atoms with E-state index in [1.807, 2.05) is 6.07 Å². The highest BCUT2D eigenvalue weighted by molar-refractivity contribution is 5.98. The number of rotatable bonds is 6. The van der Waals surface area contributed by atoms with Gasteiger partial charge in [-0.25, -0.2) is 9.97 Å². The first kappa shape index (κ1) is 20.0. The fourth-order valence-corrected chi connectivity index (χ4v) is 4.00. The first-order chi connectivity index (χ1) is 14.6. The maximum atomic E-state index is 12.8. The highest BCUT2D eigenvalue weighted by Gasteiger charge is 2.26. The number of nitrogens with zero attached hydrogens (tertiary/aromatic N) is 5. The average molecular weight is 407 g/mol. The Labute approximate surface area is 174 Å². The molecule has 30 heavy (non-hydrogen) atoms. The molecule has 0 bridgehead atoms. The van der Waals surface area contributed by atoms with E-state index in [9.17, 15) is 4.79 Å². The van der Waals surface area contributed by atoms with Crippen molar-refractivity contribution >= 4 is 23.2 Å². The lowest BCUT2D eigenvalue weighted by molar-refractivity contribution is 0.0932. The fraction of sp³-hybridized carbons (Fsp3) is 0.500. The molecule has 5 N–H and O–H groups in total. The molecule has 2 heterocycles.